The normalized spacial score (nSPS) is 8.17. The van der Waals surface area contributed by atoms with Crippen molar-refractivity contribution in [1.29, 1.82) is 5.26 Å². The van der Waals surface area contributed by atoms with Crippen LogP contribution in [0.4, 0.5) is 0 Å². The van der Waals surface area contributed by atoms with Crippen molar-refractivity contribution >= 4 is 0 Å². The maximum absolute atomic E-state index is 8.46. The molecule has 0 aliphatic heterocycles. The Hall–Kier alpha value is -2.08. The van der Waals surface area contributed by atoms with Crippen molar-refractivity contribution in [3.63, 3.8) is 0 Å². The van der Waals surface area contributed by atoms with E-state index in [0.29, 0.717) is 5.76 Å². The Morgan fingerprint density at radius 2 is 1.72 bits per heavy atom. The van der Waals surface area contributed by atoms with Crippen LogP contribution < -0.4 is 0 Å². The molecule has 0 bridgehead atoms. The Bertz CT molecular complexity index is 455. The molecule has 2 aromatic rings. The van der Waals surface area contributed by atoms with Crippen molar-refractivity contribution in [1.82, 2.24) is 5.16 Å². The molecule has 0 N–H and O–H groups in total. The van der Waals surface area contributed by atoms with Crippen LogP contribution in [0.1, 0.15) is 33.5 Å². The summed E-state index contributed by atoms with van der Waals surface area (Å²) in [5.74, 6) is 0.603. The zero-order valence-electron chi connectivity index (χ0n) is 11.5. The van der Waals surface area contributed by atoms with Crippen molar-refractivity contribution in [2.24, 2.45) is 0 Å². The molecular weight excluding hydrogens is 224 g/mol. The fourth-order valence-corrected chi connectivity index (χ4v) is 1.22. The van der Waals surface area contributed by atoms with Crippen LogP contribution in [0.3, 0.4) is 0 Å². The third-order valence-electron chi connectivity index (χ3n) is 1.88. The molecule has 3 heteroatoms. The SMILES string of the molecule is CC.CC.N#CCc1cc(-c2ccccc2)no1. The van der Waals surface area contributed by atoms with Crippen molar-refractivity contribution < 1.29 is 4.52 Å². The molecule has 0 radical (unpaired) electrons. The molecule has 1 heterocycles. The van der Waals surface area contributed by atoms with Crippen molar-refractivity contribution in [3.05, 3.63) is 42.2 Å². The summed E-state index contributed by atoms with van der Waals surface area (Å²) in [6.45, 7) is 8.00. The molecule has 1 aromatic heterocycles. The third kappa shape index (κ3) is 4.84. The molecule has 18 heavy (non-hydrogen) atoms. The van der Waals surface area contributed by atoms with Gasteiger partial charge < -0.3 is 4.52 Å². The fraction of sp³-hybridized carbons (Fsp3) is 0.333. The minimum atomic E-state index is 0.264. The van der Waals surface area contributed by atoms with Gasteiger partial charge in [0.15, 0.2) is 5.76 Å². The number of rotatable bonds is 2. The molecule has 0 atom stereocenters. The third-order valence-corrected chi connectivity index (χ3v) is 1.88. The van der Waals surface area contributed by atoms with Crippen LogP contribution in [-0.2, 0) is 6.42 Å². The minimum absolute atomic E-state index is 0.264. The molecule has 0 amide bonds. The average Bonchev–Trinajstić information content (AvgIpc) is 2.93. The maximum atomic E-state index is 8.46. The molecule has 0 spiro atoms. The van der Waals surface area contributed by atoms with E-state index in [4.69, 9.17) is 9.78 Å². The van der Waals surface area contributed by atoms with Gasteiger partial charge in [-0.2, -0.15) is 5.26 Å². The van der Waals surface area contributed by atoms with Crippen LogP contribution in [0.5, 0.6) is 0 Å². The maximum Gasteiger partial charge on any atom is 0.151 e. The van der Waals surface area contributed by atoms with Gasteiger partial charge in [-0.05, 0) is 0 Å². The Morgan fingerprint density at radius 1 is 1.11 bits per heavy atom. The Labute approximate surface area is 109 Å². The highest BCUT2D eigenvalue weighted by atomic mass is 16.5. The summed E-state index contributed by atoms with van der Waals surface area (Å²) >= 11 is 0. The monoisotopic (exact) mass is 244 g/mol. The highest BCUT2D eigenvalue weighted by Crippen LogP contribution is 2.18. The number of benzene rings is 1. The lowest BCUT2D eigenvalue weighted by molar-refractivity contribution is 0.393. The lowest BCUT2D eigenvalue weighted by Gasteiger charge is -1.91. The number of aromatic nitrogens is 1. The molecule has 0 aliphatic carbocycles. The van der Waals surface area contributed by atoms with Gasteiger partial charge in [-0.1, -0.05) is 63.2 Å². The van der Waals surface area contributed by atoms with Gasteiger partial charge in [-0.25, -0.2) is 0 Å². The second-order valence-electron chi connectivity index (χ2n) is 2.88. The van der Waals surface area contributed by atoms with E-state index < -0.39 is 0 Å². The standard InChI is InChI=1S/C11H8N2O.2C2H6/c12-7-6-10-8-11(13-14-10)9-4-2-1-3-5-9;2*1-2/h1-5,8H,6H2;2*1-2H3. The first-order valence-electron chi connectivity index (χ1n) is 6.28. The predicted octanol–water partition coefficient (Wildman–Crippen LogP) is 4.46. The predicted molar refractivity (Wildman–Crippen MR) is 74.0 cm³/mol. The first-order valence-corrected chi connectivity index (χ1v) is 6.28. The molecule has 96 valence electrons. The summed E-state index contributed by atoms with van der Waals surface area (Å²) in [7, 11) is 0. The Kier molecular flexibility index (Phi) is 8.93. The van der Waals surface area contributed by atoms with Gasteiger partial charge in [0.05, 0.1) is 12.5 Å². The van der Waals surface area contributed by atoms with Crippen LogP contribution in [0.15, 0.2) is 40.9 Å². The zero-order valence-corrected chi connectivity index (χ0v) is 11.5. The Balaban J connectivity index is 0.000000659. The van der Waals surface area contributed by atoms with Crippen molar-refractivity contribution in [3.8, 4) is 17.3 Å². The molecule has 0 aliphatic rings. The number of nitriles is 1. The molecule has 0 saturated carbocycles. The van der Waals surface area contributed by atoms with Crippen molar-refractivity contribution in [2.45, 2.75) is 34.1 Å². The van der Waals surface area contributed by atoms with Gasteiger partial charge in [0.1, 0.15) is 5.69 Å². The van der Waals surface area contributed by atoms with E-state index in [0.717, 1.165) is 11.3 Å². The quantitative estimate of drug-likeness (QED) is 0.783. The Morgan fingerprint density at radius 3 is 2.28 bits per heavy atom. The van der Waals surface area contributed by atoms with Gasteiger partial charge in [0, 0.05) is 11.6 Å². The van der Waals surface area contributed by atoms with E-state index >= 15 is 0 Å². The van der Waals surface area contributed by atoms with Gasteiger partial charge >= 0.3 is 0 Å². The average molecular weight is 244 g/mol. The van der Waals surface area contributed by atoms with E-state index in [9.17, 15) is 0 Å². The number of hydrogen-bond acceptors (Lipinski definition) is 3. The second-order valence-corrected chi connectivity index (χ2v) is 2.88. The zero-order chi connectivity index (χ0) is 13.8. The molecule has 0 saturated heterocycles. The van der Waals surface area contributed by atoms with E-state index in [2.05, 4.69) is 5.16 Å². The van der Waals surface area contributed by atoms with E-state index in [-0.39, 0.29) is 6.42 Å². The van der Waals surface area contributed by atoms with Crippen LogP contribution in [0, 0.1) is 11.3 Å². The topological polar surface area (TPSA) is 49.8 Å². The van der Waals surface area contributed by atoms with Gasteiger partial charge in [0.2, 0.25) is 0 Å². The second kappa shape index (κ2) is 10.1. The van der Waals surface area contributed by atoms with E-state index in [1.807, 2.05) is 64.1 Å². The molecule has 0 unspecified atom stereocenters. The minimum Gasteiger partial charge on any atom is -0.360 e. The largest absolute Gasteiger partial charge is 0.360 e. The first-order chi connectivity index (χ1) is 8.90. The summed E-state index contributed by atoms with van der Waals surface area (Å²) in [4.78, 5) is 0. The summed E-state index contributed by atoms with van der Waals surface area (Å²) in [5, 5.41) is 12.3. The van der Waals surface area contributed by atoms with Crippen LogP contribution >= 0.6 is 0 Å². The highest BCUT2D eigenvalue weighted by Gasteiger charge is 2.04. The summed E-state index contributed by atoms with van der Waals surface area (Å²) < 4.78 is 4.99. The van der Waals surface area contributed by atoms with Crippen LogP contribution in [0.2, 0.25) is 0 Å². The van der Waals surface area contributed by atoms with Crippen LogP contribution in [0.25, 0.3) is 11.3 Å². The van der Waals surface area contributed by atoms with Crippen molar-refractivity contribution in [2.75, 3.05) is 0 Å². The van der Waals surface area contributed by atoms with E-state index in [1.165, 1.54) is 0 Å². The van der Waals surface area contributed by atoms with Gasteiger partial charge in [0.25, 0.3) is 0 Å². The smallest absolute Gasteiger partial charge is 0.151 e. The molecule has 1 aromatic carbocycles. The first kappa shape index (κ1) is 15.9. The summed E-state index contributed by atoms with van der Waals surface area (Å²) in [6, 6.07) is 13.5. The molecule has 3 nitrogen and oxygen atoms in total. The highest BCUT2D eigenvalue weighted by molar-refractivity contribution is 5.58. The molecule has 2 rings (SSSR count). The van der Waals surface area contributed by atoms with Gasteiger partial charge in [-0.15, -0.1) is 0 Å². The fourth-order valence-electron chi connectivity index (χ4n) is 1.22. The van der Waals surface area contributed by atoms with E-state index in [1.54, 1.807) is 6.07 Å². The number of hydrogen-bond donors (Lipinski definition) is 0. The lowest BCUT2D eigenvalue weighted by atomic mass is 10.1. The molecule has 0 fully saturated rings. The summed E-state index contributed by atoms with van der Waals surface area (Å²) in [6.07, 6.45) is 0.264. The van der Waals surface area contributed by atoms with Crippen LogP contribution in [-0.4, -0.2) is 5.16 Å². The lowest BCUT2D eigenvalue weighted by Crippen LogP contribution is -1.74. The summed E-state index contributed by atoms with van der Waals surface area (Å²) in [5.41, 5.74) is 1.77. The molecular formula is C15H20N2O. The number of nitrogens with zero attached hydrogens (tertiary/aromatic N) is 2. The van der Waals surface area contributed by atoms with Gasteiger partial charge in [-0.3, -0.25) is 0 Å².